The Labute approximate surface area is 189 Å². The Bertz CT molecular complexity index is 1390. The lowest BCUT2D eigenvalue weighted by Gasteiger charge is -2.18. The molecule has 2 aromatic carbocycles. The maximum Gasteiger partial charge on any atom is 0.240 e. The maximum absolute atomic E-state index is 12.8. The van der Waals surface area contributed by atoms with Gasteiger partial charge in [0.05, 0.1) is 35.7 Å². The first kappa shape index (κ1) is 20.7. The number of aliphatic hydroxyl groups is 1. The molecule has 9 heteroatoms. The topological polar surface area (TPSA) is 128 Å². The van der Waals surface area contributed by atoms with Crippen LogP contribution in [0.3, 0.4) is 0 Å². The second-order valence-electron chi connectivity index (χ2n) is 7.90. The van der Waals surface area contributed by atoms with Crippen molar-refractivity contribution >= 4 is 22.7 Å². The van der Waals surface area contributed by atoms with Crippen LogP contribution in [0, 0.1) is 6.92 Å². The van der Waals surface area contributed by atoms with Crippen LogP contribution in [-0.2, 0) is 4.79 Å². The number of aromatic amines is 1. The number of rotatable bonds is 5. The highest BCUT2D eigenvalue weighted by Gasteiger charge is 2.30. The van der Waals surface area contributed by atoms with Crippen LogP contribution in [0.5, 0.6) is 5.75 Å². The van der Waals surface area contributed by atoms with Crippen molar-refractivity contribution < 1.29 is 15.0 Å². The van der Waals surface area contributed by atoms with Gasteiger partial charge in [-0.2, -0.15) is 0 Å². The predicted octanol–water partition coefficient (Wildman–Crippen LogP) is 2.66. The molecular weight excluding hydrogens is 420 g/mol. The Hall–Kier alpha value is -4.24. The molecule has 0 fully saturated rings. The minimum atomic E-state index is -0.917. The van der Waals surface area contributed by atoms with E-state index in [0.717, 1.165) is 22.3 Å². The molecule has 1 aliphatic heterocycles. The van der Waals surface area contributed by atoms with Crippen molar-refractivity contribution in [2.24, 2.45) is 4.99 Å². The summed E-state index contributed by atoms with van der Waals surface area (Å²) in [7, 11) is 0. The number of aliphatic hydroxyl groups excluding tert-OH is 1. The van der Waals surface area contributed by atoms with Crippen LogP contribution in [-0.4, -0.2) is 47.9 Å². The van der Waals surface area contributed by atoms with Crippen molar-refractivity contribution in [3.8, 4) is 11.4 Å². The summed E-state index contributed by atoms with van der Waals surface area (Å²) in [5, 5.41) is 22.9. The first-order valence-electron chi connectivity index (χ1n) is 10.5. The van der Waals surface area contributed by atoms with Gasteiger partial charge in [0.25, 0.3) is 0 Å². The third-order valence-corrected chi connectivity index (χ3v) is 5.60. The Kier molecular flexibility index (Phi) is 5.23. The van der Waals surface area contributed by atoms with Crippen LogP contribution < -0.4 is 5.32 Å². The van der Waals surface area contributed by atoms with Gasteiger partial charge in [-0.25, -0.2) is 9.97 Å². The van der Waals surface area contributed by atoms with Crippen LogP contribution >= 0.6 is 0 Å². The van der Waals surface area contributed by atoms with Gasteiger partial charge >= 0.3 is 0 Å². The van der Waals surface area contributed by atoms with E-state index in [1.165, 1.54) is 18.3 Å². The number of phenolic OH excluding ortho intramolecular Hbond substituents is 1. The number of amides is 1. The Morgan fingerprint density at radius 3 is 2.94 bits per heavy atom. The molecule has 4 aromatic rings. The van der Waals surface area contributed by atoms with Gasteiger partial charge in [0.2, 0.25) is 5.91 Å². The molecular formula is C24H22N6O3. The lowest BCUT2D eigenvalue weighted by Crippen LogP contribution is -2.35. The average molecular weight is 442 g/mol. The summed E-state index contributed by atoms with van der Waals surface area (Å²) in [6.07, 6.45) is 7.62. The summed E-state index contributed by atoms with van der Waals surface area (Å²) >= 11 is 0. The van der Waals surface area contributed by atoms with E-state index in [2.05, 4.69) is 20.3 Å². The Balaban J connectivity index is 1.48. The monoisotopic (exact) mass is 442 g/mol. The summed E-state index contributed by atoms with van der Waals surface area (Å²) in [4.78, 5) is 29.4. The molecule has 0 aliphatic carbocycles. The summed E-state index contributed by atoms with van der Waals surface area (Å²) in [6.45, 7) is 2.01. The number of imidazole rings is 2. The molecule has 0 saturated carbocycles. The van der Waals surface area contributed by atoms with Gasteiger partial charge in [-0.1, -0.05) is 12.1 Å². The number of aryl methyl sites for hydroxylation is 1. The fourth-order valence-electron chi connectivity index (χ4n) is 3.95. The van der Waals surface area contributed by atoms with Crippen molar-refractivity contribution in [1.29, 1.82) is 0 Å². The number of carbonyl (C=O) groups is 1. The number of phenols is 1. The largest absolute Gasteiger partial charge is 0.508 e. The SMILES string of the molecule is Cc1cc(-n2ccnc2)cc2[nH]c(C3C(=O)NC=C/C3=N/CC(O)c3cccc(O)c3)nc12. The van der Waals surface area contributed by atoms with Gasteiger partial charge in [-0.15, -0.1) is 0 Å². The summed E-state index contributed by atoms with van der Waals surface area (Å²) in [5.74, 6) is -0.449. The lowest BCUT2D eigenvalue weighted by molar-refractivity contribution is -0.120. The van der Waals surface area contributed by atoms with Crippen molar-refractivity contribution in [2.75, 3.05) is 6.54 Å². The third-order valence-electron chi connectivity index (χ3n) is 5.60. The van der Waals surface area contributed by atoms with Gasteiger partial charge in [0.15, 0.2) is 0 Å². The van der Waals surface area contributed by atoms with E-state index in [1.807, 2.05) is 29.8 Å². The molecule has 1 aliphatic rings. The molecule has 2 aromatic heterocycles. The first-order valence-corrected chi connectivity index (χ1v) is 10.5. The number of benzene rings is 2. The number of aliphatic imine (C=N–C) groups is 1. The van der Waals surface area contributed by atoms with Gasteiger partial charge in [0.1, 0.15) is 17.5 Å². The lowest BCUT2D eigenvalue weighted by atomic mass is 9.98. The highest BCUT2D eigenvalue weighted by molar-refractivity contribution is 6.16. The summed E-state index contributed by atoms with van der Waals surface area (Å²) < 4.78 is 1.90. The molecule has 5 rings (SSSR count). The van der Waals surface area contributed by atoms with E-state index >= 15 is 0 Å². The highest BCUT2D eigenvalue weighted by atomic mass is 16.3. The first-order chi connectivity index (χ1) is 16.0. The number of nitrogens with zero attached hydrogens (tertiary/aromatic N) is 4. The zero-order valence-corrected chi connectivity index (χ0v) is 17.8. The molecule has 0 bridgehead atoms. The van der Waals surface area contributed by atoms with E-state index in [9.17, 15) is 15.0 Å². The maximum atomic E-state index is 12.8. The second kappa shape index (κ2) is 8.36. The molecule has 0 saturated heterocycles. The van der Waals surface area contributed by atoms with Crippen LogP contribution in [0.4, 0.5) is 0 Å². The molecule has 33 heavy (non-hydrogen) atoms. The number of H-pyrrole nitrogens is 1. The van der Waals surface area contributed by atoms with E-state index in [0.29, 0.717) is 17.1 Å². The van der Waals surface area contributed by atoms with E-state index in [1.54, 1.807) is 30.7 Å². The molecule has 0 spiro atoms. The molecule has 0 radical (unpaired) electrons. The number of fused-ring (bicyclic) bond motifs is 1. The number of aromatic hydroxyl groups is 1. The quantitative estimate of drug-likeness (QED) is 0.378. The molecule has 2 atom stereocenters. The fraction of sp³-hybridized carbons (Fsp3) is 0.167. The van der Waals surface area contributed by atoms with Crippen LogP contribution in [0.1, 0.15) is 29.0 Å². The Morgan fingerprint density at radius 1 is 1.27 bits per heavy atom. The molecule has 3 heterocycles. The smallest absolute Gasteiger partial charge is 0.240 e. The number of nitrogens with one attached hydrogen (secondary N) is 2. The molecule has 9 nitrogen and oxygen atoms in total. The van der Waals surface area contributed by atoms with Crippen LogP contribution in [0.25, 0.3) is 16.7 Å². The van der Waals surface area contributed by atoms with Crippen LogP contribution in [0.15, 0.2) is 72.4 Å². The van der Waals surface area contributed by atoms with Gasteiger partial charge < -0.3 is 25.1 Å². The normalized spacial score (nSPS) is 18.1. The van der Waals surface area contributed by atoms with Crippen molar-refractivity contribution in [2.45, 2.75) is 18.9 Å². The zero-order chi connectivity index (χ0) is 22.9. The molecule has 4 N–H and O–H groups in total. The van der Waals surface area contributed by atoms with Gasteiger partial charge in [-0.3, -0.25) is 9.79 Å². The predicted molar refractivity (Wildman–Crippen MR) is 123 cm³/mol. The number of aromatic nitrogens is 4. The fourth-order valence-corrected chi connectivity index (χ4v) is 3.95. The summed E-state index contributed by atoms with van der Waals surface area (Å²) in [5.41, 5.74) is 4.51. The minimum Gasteiger partial charge on any atom is -0.508 e. The molecule has 166 valence electrons. The zero-order valence-electron chi connectivity index (χ0n) is 17.8. The van der Waals surface area contributed by atoms with E-state index in [-0.39, 0.29) is 18.2 Å². The van der Waals surface area contributed by atoms with Crippen molar-refractivity contribution in [3.05, 3.63) is 84.3 Å². The standard InChI is InChI=1S/C24H22N6O3/c1-14-9-16(30-8-7-25-13-30)11-19-22(14)29-23(28-19)21-18(5-6-26-24(21)33)27-12-20(32)15-3-2-4-17(31)10-15/h2-11,13,20-21,31-32H,12H2,1H3,(H,26,33)(H,28,29)/b27-18-. The number of hydrogen-bond acceptors (Lipinski definition) is 6. The number of allylic oxidation sites excluding steroid dienone is 1. The summed E-state index contributed by atoms with van der Waals surface area (Å²) in [6, 6.07) is 10.4. The third kappa shape index (κ3) is 4.01. The van der Waals surface area contributed by atoms with E-state index in [4.69, 9.17) is 4.98 Å². The highest BCUT2D eigenvalue weighted by Crippen LogP contribution is 2.27. The van der Waals surface area contributed by atoms with Crippen molar-refractivity contribution in [3.63, 3.8) is 0 Å². The van der Waals surface area contributed by atoms with Gasteiger partial charge in [0, 0.05) is 24.3 Å². The number of hydrogen-bond donors (Lipinski definition) is 4. The Morgan fingerprint density at radius 2 is 2.15 bits per heavy atom. The second-order valence-corrected chi connectivity index (χ2v) is 7.90. The van der Waals surface area contributed by atoms with E-state index < -0.39 is 12.0 Å². The molecule has 2 unspecified atom stereocenters. The molecule has 1 amide bonds. The average Bonchev–Trinajstić information content (AvgIpc) is 3.48. The van der Waals surface area contributed by atoms with Gasteiger partial charge in [-0.05, 0) is 48.4 Å². The number of carbonyl (C=O) groups excluding carboxylic acids is 1. The minimum absolute atomic E-state index is 0.0386. The van der Waals surface area contributed by atoms with Crippen molar-refractivity contribution in [1.82, 2.24) is 24.8 Å². The van der Waals surface area contributed by atoms with Crippen LogP contribution in [0.2, 0.25) is 0 Å².